The smallest absolute Gasteiger partial charge is 0.407 e. The number of aliphatic carboxylic acids is 1. The molecule has 0 aliphatic heterocycles. The zero-order valence-electron chi connectivity index (χ0n) is 17.8. The molecule has 1 aromatic heterocycles. The van der Waals surface area contributed by atoms with Crippen LogP contribution >= 0.6 is 0 Å². The standard InChI is InChI=1S/C27H22N2O4/c30-26(31)25(15-24-18-8-2-1-7-17(18)13-14-28-24)29-27(32)33-16-23-21-11-5-3-9-19(21)20-10-4-6-12-22(20)23/h1-14,23,25H,15-16H2,(H,29,32)(H,30,31). The number of hydrogen-bond donors (Lipinski definition) is 2. The summed E-state index contributed by atoms with van der Waals surface area (Å²) in [5, 5.41) is 14.0. The number of pyridine rings is 1. The number of carboxylic acid groups (broad SMARTS) is 1. The molecule has 164 valence electrons. The summed E-state index contributed by atoms with van der Waals surface area (Å²) in [5.41, 5.74) is 5.07. The third-order valence-electron chi connectivity index (χ3n) is 6.09. The van der Waals surface area contributed by atoms with Gasteiger partial charge in [-0.05, 0) is 33.7 Å². The lowest BCUT2D eigenvalue weighted by Crippen LogP contribution is -2.43. The van der Waals surface area contributed by atoms with Crippen LogP contribution in [-0.2, 0) is 16.0 Å². The maximum atomic E-state index is 12.6. The Labute approximate surface area is 190 Å². The number of benzene rings is 3. The van der Waals surface area contributed by atoms with Crippen molar-refractivity contribution in [2.24, 2.45) is 0 Å². The number of carbonyl (C=O) groups is 2. The van der Waals surface area contributed by atoms with Crippen LogP contribution in [0.2, 0.25) is 0 Å². The largest absolute Gasteiger partial charge is 0.480 e. The van der Waals surface area contributed by atoms with Crippen LogP contribution in [0.3, 0.4) is 0 Å². The number of nitrogens with zero attached hydrogens (tertiary/aromatic N) is 1. The van der Waals surface area contributed by atoms with Gasteiger partial charge >= 0.3 is 12.1 Å². The van der Waals surface area contributed by atoms with Gasteiger partial charge in [-0.2, -0.15) is 0 Å². The number of nitrogens with one attached hydrogen (secondary N) is 1. The van der Waals surface area contributed by atoms with Gasteiger partial charge in [0.2, 0.25) is 0 Å². The molecule has 0 spiro atoms. The van der Waals surface area contributed by atoms with Crippen LogP contribution < -0.4 is 5.32 Å². The van der Waals surface area contributed by atoms with Gasteiger partial charge in [0.25, 0.3) is 0 Å². The molecule has 0 fully saturated rings. The van der Waals surface area contributed by atoms with E-state index in [1.807, 2.05) is 66.7 Å². The van der Waals surface area contributed by atoms with Gasteiger partial charge in [-0.15, -0.1) is 0 Å². The summed E-state index contributed by atoms with van der Waals surface area (Å²) in [6.07, 6.45) is 0.939. The Bertz CT molecular complexity index is 1300. The second kappa shape index (κ2) is 8.74. The van der Waals surface area contributed by atoms with E-state index in [0.29, 0.717) is 5.69 Å². The zero-order chi connectivity index (χ0) is 22.8. The first-order valence-electron chi connectivity index (χ1n) is 10.8. The molecule has 6 nitrogen and oxygen atoms in total. The van der Waals surface area contributed by atoms with Crippen LogP contribution in [0.4, 0.5) is 4.79 Å². The third-order valence-corrected chi connectivity index (χ3v) is 6.09. The second-order valence-corrected chi connectivity index (χ2v) is 8.04. The highest BCUT2D eigenvalue weighted by molar-refractivity contribution is 5.86. The summed E-state index contributed by atoms with van der Waals surface area (Å²) in [5.74, 6) is -1.23. The summed E-state index contributed by atoms with van der Waals surface area (Å²) < 4.78 is 5.51. The van der Waals surface area contributed by atoms with E-state index in [9.17, 15) is 14.7 Å². The number of hydrogen-bond acceptors (Lipinski definition) is 4. The van der Waals surface area contributed by atoms with Crippen molar-refractivity contribution in [3.8, 4) is 11.1 Å². The molecule has 4 aromatic rings. The fourth-order valence-corrected chi connectivity index (χ4v) is 4.52. The molecule has 6 heteroatoms. The molecule has 0 saturated carbocycles. The molecule has 1 unspecified atom stereocenters. The first kappa shape index (κ1) is 20.7. The van der Waals surface area contributed by atoms with E-state index in [1.54, 1.807) is 6.20 Å². The van der Waals surface area contributed by atoms with E-state index in [2.05, 4.69) is 22.4 Å². The normalized spacial score (nSPS) is 13.2. The van der Waals surface area contributed by atoms with E-state index in [1.165, 1.54) is 0 Å². The van der Waals surface area contributed by atoms with Crippen molar-refractivity contribution in [1.29, 1.82) is 0 Å². The van der Waals surface area contributed by atoms with E-state index in [0.717, 1.165) is 33.0 Å². The van der Waals surface area contributed by atoms with Gasteiger partial charge in [0.1, 0.15) is 12.6 Å². The number of rotatable bonds is 6. The maximum Gasteiger partial charge on any atom is 0.407 e. The minimum atomic E-state index is -1.15. The van der Waals surface area contributed by atoms with Crippen molar-refractivity contribution < 1.29 is 19.4 Å². The van der Waals surface area contributed by atoms with Gasteiger partial charge in [-0.25, -0.2) is 9.59 Å². The Balaban J connectivity index is 1.29. The molecule has 1 atom stereocenters. The average Bonchev–Trinajstić information content (AvgIpc) is 3.16. The molecular formula is C27H22N2O4. The number of ether oxygens (including phenoxy) is 1. The highest BCUT2D eigenvalue weighted by Gasteiger charge is 2.30. The van der Waals surface area contributed by atoms with Crippen LogP contribution in [0.5, 0.6) is 0 Å². The van der Waals surface area contributed by atoms with E-state index >= 15 is 0 Å². The highest BCUT2D eigenvalue weighted by Crippen LogP contribution is 2.44. The fourth-order valence-electron chi connectivity index (χ4n) is 4.52. The number of aromatic nitrogens is 1. The molecule has 33 heavy (non-hydrogen) atoms. The molecule has 1 aliphatic rings. The maximum absolute atomic E-state index is 12.6. The lowest BCUT2D eigenvalue weighted by atomic mass is 9.98. The predicted octanol–water partition coefficient (Wildman–Crippen LogP) is 4.77. The highest BCUT2D eigenvalue weighted by atomic mass is 16.5. The number of carboxylic acids is 1. The number of carbonyl (C=O) groups excluding carboxylic acids is 1. The summed E-state index contributed by atoms with van der Waals surface area (Å²) in [7, 11) is 0. The van der Waals surface area contributed by atoms with Crippen LogP contribution in [-0.4, -0.2) is 34.8 Å². The summed E-state index contributed by atoms with van der Waals surface area (Å²) >= 11 is 0. The molecule has 1 amide bonds. The predicted molar refractivity (Wildman–Crippen MR) is 125 cm³/mol. The van der Waals surface area contributed by atoms with E-state index in [4.69, 9.17) is 4.74 Å². The monoisotopic (exact) mass is 438 g/mol. The summed E-state index contributed by atoms with van der Waals surface area (Å²) in [6, 6.07) is 24.4. The lowest BCUT2D eigenvalue weighted by molar-refractivity contribution is -0.139. The zero-order valence-corrected chi connectivity index (χ0v) is 17.8. The topological polar surface area (TPSA) is 88.5 Å². The molecule has 5 rings (SSSR count). The van der Waals surface area contributed by atoms with Crippen molar-refractivity contribution >= 4 is 22.8 Å². The number of alkyl carbamates (subject to hydrolysis) is 1. The van der Waals surface area contributed by atoms with Crippen molar-refractivity contribution in [3.05, 3.63) is 102 Å². The Morgan fingerprint density at radius 1 is 0.909 bits per heavy atom. The van der Waals surface area contributed by atoms with Crippen LogP contribution in [0.25, 0.3) is 21.9 Å². The molecule has 0 radical (unpaired) electrons. The number of fused-ring (bicyclic) bond motifs is 4. The van der Waals surface area contributed by atoms with Gasteiger partial charge in [0.05, 0.1) is 5.69 Å². The SMILES string of the molecule is O=C(NC(Cc1nccc2ccccc12)C(=O)O)OCC1c2ccccc2-c2ccccc21. The van der Waals surface area contributed by atoms with Gasteiger partial charge in [0, 0.05) is 23.9 Å². The Kier molecular flexibility index (Phi) is 5.48. The van der Waals surface area contributed by atoms with Gasteiger partial charge in [-0.3, -0.25) is 4.98 Å². The quantitative estimate of drug-likeness (QED) is 0.453. The number of amides is 1. The van der Waals surface area contributed by atoms with Crippen LogP contribution in [0.15, 0.2) is 85.1 Å². The van der Waals surface area contributed by atoms with Gasteiger partial charge in [-0.1, -0.05) is 72.8 Å². The van der Waals surface area contributed by atoms with Crippen molar-refractivity contribution in [2.45, 2.75) is 18.4 Å². The lowest BCUT2D eigenvalue weighted by Gasteiger charge is -2.18. The van der Waals surface area contributed by atoms with Crippen molar-refractivity contribution in [3.63, 3.8) is 0 Å². The van der Waals surface area contributed by atoms with Crippen molar-refractivity contribution in [1.82, 2.24) is 10.3 Å². The summed E-state index contributed by atoms with van der Waals surface area (Å²) in [4.78, 5) is 28.8. The molecule has 3 aromatic carbocycles. The third kappa shape index (κ3) is 4.03. The molecular weight excluding hydrogens is 416 g/mol. The van der Waals surface area contributed by atoms with E-state index in [-0.39, 0.29) is 18.9 Å². The Hall–Kier alpha value is -4.19. The fraction of sp³-hybridized carbons (Fsp3) is 0.148. The molecule has 1 heterocycles. The molecule has 0 saturated heterocycles. The first-order chi connectivity index (χ1) is 16.1. The van der Waals surface area contributed by atoms with Crippen LogP contribution in [0.1, 0.15) is 22.7 Å². The second-order valence-electron chi connectivity index (χ2n) is 8.04. The molecule has 2 N–H and O–H groups in total. The first-order valence-corrected chi connectivity index (χ1v) is 10.8. The average molecular weight is 438 g/mol. The van der Waals surface area contributed by atoms with Crippen molar-refractivity contribution in [2.75, 3.05) is 6.61 Å². The molecule has 0 bridgehead atoms. The van der Waals surface area contributed by atoms with E-state index < -0.39 is 18.1 Å². The Morgan fingerprint density at radius 3 is 2.24 bits per heavy atom. The Morgan fingerprint density at radius 2 is 1.55 bits per heavy atom. The summed E-state index contributed by atoms with van der Waals surface area (Å²) in [6.45, 7) is 0.124. The van der Waals surface area contributed by atoms with Gasteiger partial charge in [0.15, 0.2) is 0 Å². The van der Waals surface area contributed by atoms with Gasteiger partial charge < -0.3 is 15.2 Å². The minimum Gasteiger partial charge on any atom is -0.480 e. The molecule has 1 aliphatic carbocycles. The van der Waals surface area contributed by atoms with Crippen LogP contribution in [0, 0.1) is 0 Å². The minimum absolute atomic E-state index is 0.0564.